The number of ether oxygens (including phenoxy) is 1. The third kappa shape index (κ3) is 3.99. The fourth-order valence-electron chi connectivity index (χ4n) is 4.09. The van der Waals surface area contributed by atoms with Gasteiger partial charge >= 0.3 is 0 Å². The summed E-state index contributed by atoms with van der Waals surface area (Å²) < 4.78 is 5.48. The van der Waals surface area contributed by atoms with Crippen LogP contribution in [0.15, 0.2) is 55.1 Å². The van der Waals surface area contributed by atoms with Gasteiger partial charge in [0.25, 0.3) is 0 Å². The van der Waals surface area contributed by atoms with Crippen molar-refractivity contribution in [3.63, 3.8) is 0 Å². The molecule has 0 atom stereocenters. The second-order valence-electron chi connectivity index (χ2n) is 7.93. The summed E-state index contributed by atoms with van der Waals surface area (Å²) in [6.07, 6.45) is 5.91. The number of morpholine rings is 1. The van der Waals surface area contributed by atoms with Crippen LogP contribution in [0.1, 0.15) is 22.5 Å². The molecule has 1 fully saturated rings. The van der Waals surface area contributed by atoms with Crippen LogP contribution in [-0.2, 0) is 11.2 Å². The molecule has 2 aromatic heterocycles. The third-order valence-electron chi connectivity index (χ3n) is 5.96. The lowest BCUT2D eigenvalue weighted by Gasteiger charge is -2.29. The van der Waals surface area contributed by atoms with Gasteiger partial charge in [0.05, 0.1) is 35.8 Å². The highest BCUT2D eigenvalue weighted by molar-refractivity contribution is 5.94. The number of anilines is 1. The molecule has 0 unspecified atom stereocenters. The Hall–Kier alpha value is -3.38. The molecule has 1 aliphatic rings. The molecule has 0 radical (unpaired) electrons. The second kappa shape index (κ2) is 8.40. The maximum atomic E-state index is 5.48. The normalized spacial score (nSPS) is 14.2. The van der Waals surface area contributed by atoms with Crippen molar-refractivity contribution in [2.24, 2.45) is 0 Å². The summed E-state index contributed by atoms with van der Waals surface area (Å²) in [5.41, 5.74) is 8.63. The molecule has 5 rings (SSSR count). The molecule has 6 heteroatoms. The van der Waals surface area contributed by atoms with Gasteiger partial charge in [-0.15, -0.1) is 0 Å². The topological polar surface area (TPSA) is 64.0 Å². The Kier molecular flexibility index (Phi) is 5.30. The van der Waals surface area contributed by atoms with E-state index in [-0.39, 0.29) is 0 Å². The molecule has 31 heavy (non-hydrogen) atoms. The maximum Gasteiger partial charge on any atom is 0.116 e. The molecule has 0 bridgehead atoms. The first-order valence-corrected chi connectivity index (χ1v) is 10.6. The Balaban J connectivity index is 1.52. The zero-order chi connectivity index (χ0) is 21.2. The molecule has 1 aliphatic heterocycles. The smallest absolute Gasteiger partial charge is 0.116 e. The van der Waals surface area contributed by atoms with Crippen molar-refractivity contribution in [3.8, 4) is 11.3 Å². The van der Waals surface area contributed by atoms with Crippen molar-refractivity contribution in [1.82, 2.24) is 19.9 Å². The van der Waals surface area contributed by atoms with Gasteiger partial charge in [0, 0.05) is 48.5 Å². The van der Waals surface area contributed by atoms with Gasteiger partial charge in [-0.1, -0.05) is 12.1 Å². The summed E-state index contributed by atoms with van der Waals surface area (Å²) in [5.74, 6) is 0. The van der Waals surface area contributed by atoms with Gasteiger partial charge in [-0.3, -0.25) is 9.97 Å². The lowest BCUT2D eigenvalue weighted by molar-refractivity contribution is 0.122. The molecular formula is C25H25N5O. The molecular weight excluding hydrogens is 386 g/mol. The average molecular weight is 412 g/mol. The second-order valence-corrected chi connectivity index (χ2v) is 7.93. The monoisotopic (exact) mass is 411 g/mol. The number of benzene rings is 2. The number of fused-ring (bicyclic) bond motifs is 1. The van der Waals surface area contributed by atoms with Crippen LogP contribution in [0.3, 0.4) is 0 Å². The van der Waals surface area contributed by atoms with E-state index in [0.29, 0.717) is 0 Å². The van der Waals surface area contributed by atoms with Gasteiger partial charge in [0.2, 0.25) is 0 Å². The third-order valence-corrected chi connectivity index (χ3v) is 5.96. The minimum Gasteiger partial charge on any atom is -0.378 e. The van der Waals surface area contributed by atoms with Gasteiger partial charge in [-0.05, 0) is 49.2 Å². The van der Waals surface area contributed by atoms with Crippen LogP contribution >= 0.6 is 0 Å². The quantitative estimate of drug-likeness (QED) is 0.503. The van der Waals surface area contributed by atoms with E-state index in [1.807, 2.05) is 6.92 Å². The standard InChI is InChI=1S/C25H25N5O/c1-17-3-4-19(13-20(17)14-23-18(2)26-7-8-27-23)25-22-6-5-21(15-24(22)28-16-29-25)30-9-11-31-12-10-30/h3-8,13,15-16H,9-12,14H2,1-2H3. The van der Waals surface area contributed by atoms with E-state index in [0.717, 1.165) is 66.3 Å². The first kappa shape index (κ1) is 19.6. The maximum absolute atomic E-state index is 5.48. The van der Waals surface area contributed by atoms with Gasteiger partial charge in [0.1, 0.15) is 6.33 Å². The summed E-state index contributed by atoms with van der Waals surface area (Å²) in [6.45, 7) is 7.50. The van der Waals surface area contributed by atoms with E-state index >= 15 is 0 Å². The van der Waals surface area contributed by atoms with Crippen LogP contribution in [0.2, 0.25) is 0 Å². The number of hydrogen-bond donors (Lipinski definition) is 0. The van der Waals surface area contributed by atoms with Crippen molar-refractivity contribution in [3.05, 3.63) is 77.6 Å². The fraction of sp³-hybridized carbons (Fsp3) is 0.280. The van der Waals surface area contributed by atoms with Crippen LogP contribution in [0.4, 0.5) is 5.69 Å². The van der Waals surface area contributed by atoms with Crippen LogP contribution in [0.25, 0.3) is 22.2 Å². The zero-order valence-electron chi connectivity index (χ0n) is 17.9. The summed E-state index contributed by atoms with van der Waals surface area (Å²) in [5, 5.41) is 1.06. The highest BCUT2D eigenvalue weighted by Crippen LogP contribution is 2.30. The molecule has 0 spiro atoms. The first-order valence-electron chi connectivity index (χ1n) is 10.6. The fourth-order valence-corrected chi connectivity index (χ4v) is 4.09. The lowest BCUT2D eigenvalue weighted by atomic mass is 9.97. The summed E-state index contributed by atoms with van der Waals surface area (Å²) in [4.78, 5) is 20.4. The van der Waals surface area contributed by atoms with Gasteiger partial charge in [-0.25, -0.2) is 9.97 Å². The van der Waals surface area contributed by atoms with Gasteiger partial charge < -0.3 is 9.64 Å². The highest BCUT2D eigenvalue weighted by Gasteiger charge is 2.14. The molecule has 0 saturated carbocycles. The van der Waals surface area contributed by atoms with Crippen molar-refractivity contribution in [2.45, 2.75) is 20.3 Å². The van der Waals surface area contributed by atoms with Crippen LogP contribution < -0.4 is 4.90 Å². The number of aryl methyl sites for hydroxylation is 2. The Morgan fingerprint density at radius 1 is 0.903 bits per heavy atom. The molecule has 0 aliphatic carbocycles. The van der Waals surface area contributed by atoms with E-state index in [1.165, 1.54) is 16.8 Å². The van der Waals surface area contributed by atoms with E-state index in [1.54, 1.807) is 18.7 Å². The largest absolute Gasteiger partial charge is 0.378 e. The van der Waals surface area contributed by atoms with E-state index in [2.05, 4.69) is 68.2 Å². The predicted molar refractivity (Wildman–Crippen MR) is 122 cm³/mol. The number of rotatable bonds is 4. The number of aromatic nitrogens is 4. The summed E-state index contributed by atoms with van der Waals surface area (Å²) >= 11 is 0. The molecule has 4 aromatic rings. The minimum atomic E-state index is 0.754. The molecule has 0 amide bonds. The van der Waals surface area contributed by atoms with Crippen molar-refractivity contribution in [1.29, 1.82) is 0 Å². The SMILES string of the molecule is Cc1ccc(-c2ncnc3cc(N4CCOCC4)ccc23)cc1Cc1nccnc1C. The van der Waals surface area contributed by atoms with Crippen LogP contribution in [0.5, 0.6) is 0 Å². The molecule has 1 saturated heterocycles. The summed E-state index contributed by atoms with van der Waals surface area (Å²) in [7, 11) is 0. The minimum absolute atomic E-state index is 0.754. The molecule has 6 nitrogen and oxygen atoms in total. The molecule has 3 heterocycles. The Bertz CT molecular complexity index is 1230. The molecule has 0 N–H and O–H groups in total. The van der Waals surface area contributed by atoms with Crippen LogP contribution in [0, 0.1) is 13.8 Å². The molecule has 156 valence electrons. The van der Waals surface area contributed by atoms with Gasteiger partial charge in [-0.2, -0.15) is 0 Å². The van der Waals surface area contributed by atoms with E-state index in [4.69, 9.17) is 4.74 Å². The van der Waals surface area contributed by atoms with Crippen molar-refractivity contribution in [2.75, 3.05) is 31.2 Å². The van der Waals surface area contributed by atoms with E-state index < -0.39 is 0 Å². The van der Waals surface area contributed by atoms with E-state index in [9.17, 15) is 0 Å². The Morgan fingerprint density at radius 2 is 1.74 bits per heavy atom. The van der Waals surface area contributed by atoms with Crippen LogP contribution in [-0.4, -0.2) is 46.2 Å². The predicted octanol–water partition coefficient (Wildman–Crippen LogP) is 4.13. The first-order chi connectivity index (χ1) is 15.2. The Labute approximate surface area is 182 Å². The van der Waals surface area contributed by atoms with Gasteiger partial charge in [0.15, 0.2) is 0 Å². The highest BCUT2D eigenvalue weighted by atomic mass is 16.5. The van der Waals surface area contributed by atoms with Crippen molar-refractivity contribution < 1.29 is 4.74 Å². The average Bonchev–Trinajstić information content (AvgIpc) is 2.82. The zero-order valence-corrected chi connectivity index (χ0v) is 17.9. The Morgan fingerprint density at radius 3 is 2.58 bits per heavy atom. The summed E-state index contributed by atoms with van der Waals surface area (Å²) in [6, 6.07) is 13.0. The lowest BCUT2D eigenvalue weighted by Crippen LogP contribution is -2.36. The van der Waals surface area contributed by atoms with Crippen molar-refractivity contribution >= 4 is 16.6 Å². The number of nitrogens with zero attached hydrogens (tertiary/aromatic N) is 5. The number of hydrogen-bond acceptors (Lipinski definition) is 6. The molecule has 2 aromatic carbocycles.